The van der Waals surface area contributed by atoms with Crippen LogP contribution in [0.5, 0.6) is 0 Å². The molecule has 3 atom stereocenters. The number of aliphatic hydroxyl groups is 1. The maximum absolute atomic E-state index is 12.2. The zero-order valence-corrected chi connectivity index (χ0v) is 11.2. The molecule has 2 N–H and O–H groups in total. The van der Waals surface area contributed by atoms with Gasteiger partial charge in [0.1, 0.15) is 0 Å². The quantitative estimate of drug-likeness (QED) is 0.805. The normalized spacial score (nSPS) is 37.1. The highest BCUT2D eigenvalue weighted by atomic mass is 16.3. The molecule has 3 unspecified atom stereocenters. The molecule has 0 aromatic rings. The highest BCUT2D eigenvalue weighted by Crippen LogP contribution is 2.49. The number of hydrogen-bond acceptors (Lipinski definition) is 2. The topological polar surface area (TPSA) is 49.3 Å². The van der Waals surface area contributed by atoms with E-state index in [4.69, 9.17) is 0 Å². The number of aliphatic hydroxyl groups excluding tert-OH is 1. The van der Waals surface area contributed by atoms with Crippen LogP contribution in [0.25, 0.3) is 0 Å². The van der Waals surface area contributed by atoms with Gasteiger partial charge in [0.15, 0.2) is 0 Å². The summed E-state index contributed by atoms with van der Waals surface area (Å²) in [5.74, 6) is 2.53. The Morgan fingerprint density at radius 3 is 2.56 bits per heavy atom. The summed E-state index contributed by atoms with van der Waals surface area (Å²) < 4.78 is 0. The lowest BCUT2D eigenvalue weighted by Gasteiger charge is -2.29. The minimum Gasteiger partial charge on any atom is -0.394 e. The summed E-state index contributed by atoms with van der Waals surface area (Å²) in [5, 5.41) is 12.7. The van der Waals surface area contributed by atoms with Crippen LogP contribution in [-0.4, -0.2) is 23.2 Å². The molecule has 0 spiro atoms. The molecule has 0 radical (unpaired) electrons. The molecule has 18 heavy (non-hydrogen) atoms. The van der Waals surface area contributed by atoms with Gasteiger partial charge in [0.2, 0.25) is 5.91 Å². The SMILES string of the molecule is O=C(CC1CC2CCC1C2)NC1(CO)CCCC1. The van der Waals surface area contributed by atoms with E-state index >= 15 is 0 Å². The number of carbonyl (C=O) groups excluding carboxylic acids is 1. The molecular weight excluding hydrogens is 226 g/mol. The second-order valence-corrected chi connectivity index (χ2v) is 6.83. The molecule has 102 valence electrons. The van der Waals surface area contributed by atoms with E-state index in [-0.39, 0.29) is 18.1 Å². The summed E-state index contributed by atoms with van der Waals surface area (Å²) in [4.78, 5) is 12.2. The smallest absolute Gasteiger partial charge is 0.220 e. The number of fused-ring (bicyclic) bond motifs is 2. The van der Waals surface area contributed by atoms with Crippen LogP contribution in [0, 0.1) is 17.8 Å². The van der Waals surface area contributed by atoms with E-state index in [1.54, 1.807) is 0 Å². The van der Waals surface area contributed by atoms with Crippen molar-refractivity contribution in [2.45, 2.75) is 63.3 Å². The van der Waals surface area contributed by atoms with Gasteiger partial charge in [-0.05, 0) is 49.9 Å². The van der Waals surface area contributed by atoms with Gasteiger partial charge >= 0.3 is 0 Å². The molecule has 3 saturated carbocycles. The zero-order valence-electron chi connectivity index (χ0n) is 11.2. The lowest BCUT2D eigenvalue weighted by molar-refractivity contribution is -0.124. The van der Waals surface area contributed by atoms with E-state index in [1.165, 1.54) is 25.7 Å². The zero-order chi connectivity index (χ0) is 12.6. The predicted molar refractivity (Wildman–Crippen MR) is 70.0 cm³/mol. The third kappa shape index (κ3) is 2.29. The van der Waals surface area contributed by atoms with Crippen LogP contribution in [0.1, 0.15) is 57.8 Å². The first-order chi connectivity index (χ1) is 8.71. The minimum atomic E-state index is -0.283. The molecule has 3 fully saturated rings. The Balaban J connectivity index is 1.52. The molecule has 3 aliphatic carbocycles. The first kappa shape index (κ1) is 12.5. The third-order valence-corrected chi connectivity index (χ3v) is 5.60. The van der Waals surface area contributed by atoms with Crippen molar-refractivity contribution in [3.8, 4) is 0 Å². The van der Waals surface area contributed by atoms with Gasteiger partial charge in [0.05, 0.1) is 12.1 Å². The standard InChI is InChI=1S/C15H25NO2/c17-10-15(5-1-2-6-15)16-14(18)9-13-8-11-3-4-12(13)7-11/h11-13,17H,1-10H2,(H,16,18). The van der Waals surface area contributed by atoms with Gasteiger partial charge in [-0.2, -0.15) is 0 Å². The Morgan fingerprint density at radius 2 is 2.00 bits per heavy atom. The number of carbonyl (C=O) groups is 1. The number of nitrogens with one attached hydrogen (secondary N) is 1. The van der Waals surface area contributed by atoms with Crippen LogP contribution in [0.15, 0.2) is 0 Å². The minimum absolute atomic E-state index is 0.107. The van der Waals surface area contributed by atoms with Crippen molar-refractivity contribution < 1.29 is 9.90 Å². The van der Waals surface area contributed by atoms with Crippen molar-refractivity contribution >= 4 is 5.91 Å². The van der Waals surface area contributed by atoms with Gasteiger partial charge in [-0.25, -0.2) is 0 Å². The van der Waals surface area contributed by atoms with Gasteiger partial charge in [0, 0.05) is 6.42 Å². The molecule has 0 aliphatic heterocycles. The second kappa shape index (κ2) is 4.84. The highest BCUT2D eigenvalue weighted by Gasteiger charge is 2.41. The Morgan fingerprint density at radius 1 is 1.22 bits per heavy atom. The van der Waals surface area contributed by atoms with Gasteiger partial charge in [-0.3, -0.25) is 4.79 Å². The van der Waals surface area contributed by atoms with Crippen LogP contribution in [0.3, 0.4) is 0 Å². The summed E-state index contributed by atoms with van der Waals surface area (Å²) in [6.45, 7) is 0.107. The Hall–Kier alpha value is -0.570. The van der Waals surface area contributed by atoms with E-state index < -0.39 is 0 Å². The first-order valence-electron chi connectivity index (χ1n) is 7.63. The number of rotatable bonds is 4. The Labute approximate surface area is 109 Å². The molecule has 0 heterocycles. The molecule has 3 heteroatoms. The molecule has 3 nitrogen and oxygen atoms in total. The molecule has 3 rings (SSSR count). The first-order valence-corrected chi connectivity index (χ1v) is 7.63. The molecule has 0 saturated heterocycles. The Kier molecular flexibility index (Phi) is 3.35. The summed E-state index contributed by atoms with van der Waals surface area (Å²) in [7, 11) is 0. The number of hydrogen-bond donors (Lipinski definition) is 2. The fourth-order valence-electron chi connectivity index (χ4n) is 4.59. The second-order valence-electron chi connectivity index (χ2n) is 6.83. The fraction of sp³-hybridized carbons (Fsp3) is 0.933. The van der Waals surface area contributed by atoms with Crippen molar-refractivity contribution in [2.24, 2.45) is 17.8 Å². The average Bonchev–Trinajstić information content (AvgIpc) is 3.04. The maximum atomic E-state index is 12.2. The van der Waals surface area contributed by atoms with Crippen molar-refractivity contribution in [3.63, 3.8) is 0 Å². The van der Waals surface area contributed by atoms with E-state index in [9.17, 15) is 9.90 Å². The van der Waals surface area contributed by atoms with Gasteiger partial charge in [-0.15, -0.1) is 0 Å². The lowest BCUT2D eigenvalue weighted by Crippen LogP contribution is -2.49. The van der Waals surface area contributed by atoms with Gasteiger partial charge in [-0.1, -0.05) is 19.3 Å². The molecule has 0 aromatic heterocycles. The summed E-state index contributed by atoms with van der Waals surface area (Å²) in [5.41, 5.74) is -0.283. The summed E-state index contributed by atoms with van der Waals surface area (Å²) >= 11 is 0. The molecular formula is C15H25NO2. The van der Waals surface area contributed by atoms with Crippen molar-refractivity contribution in [1.82, 2.24) is 5.32 Å². The Bertz CT molecular complexity index is 322. The van der Waals surface area contributed by atoms with Crippen molar-refractivity contribution in [1.29, 1.82) is 0 Å². The average molecular weight is 251 g/mol. The highest BCUT2D eigenvalue weighted by molar-refractivity contribution is 5.77. The number of amides is 1. The van der Waals surface area contributed by atoms with Crippen LogP contribution >= 0.6 is 0 Å². The van der Waals surface area contributed by atoms with E-state index in [2.05, 4.69) is 5.32 Å². The van der Waals surface area contributed by atoms with Crippen LogP contribution in [0.2, 0.25) is 0 Å². The summed E-state index contributed by atoms with van der Waals surface area (Å²) in [6, 6.07) is 0. The van der Waals surface area contributed by atoms with Crippen LogP contribution in [-0.2, 0) is 4.79 Å². The van der Waals surface area contributed by atoms with E-state index in [1.807, 2.05) is 0 Å². The van der Waals surface area contributed by atoms with Crippen molar-refractivity contribution in [2.75, 3.05) is 6.61 Å². The fourth-order valence-corrected chi connectivity index (χ4v) is 4.59. The molecule has 1 amide bonds. The largest absolute Gasteiger partial charge is 0.394 e. The van der Waals surface area contributed by atoms with Crippen molar-refractivity contribution in [3.05, 3.63) is 0 Å². The van der Waals surface area contributed by atoms with Crippen LogP contribution < -0.4 is 5.32 Å². The lowest BCUT2D eigenvalue weighted by atomic mass is 9.86. The van der Waals surface area contributed by atoms with Crippen LogP contribution in [0.4, 0.5) is 0 Å². The van der Waals surface area contributed by atoms with Gasteiger partial charge in [0.25, 0.3) is 0 Å². The molecule has 3 aliphatic rings. The van der Waals surface area contributed by atoms with Gasteiger partial charge < -0.3 is 10.4 Å². The maximum Gasteiger partial charge on any atom is 0.220 e. The monoisotopic (exact) mass is 251 g/mol. The molecule has 0 aromatic carbocycles. The van der Waals surface area contributed by atoms with E-state index in [0.29, 0.717) is 12.3 Å². The third-order valence-electron chi connectivity index (χ3n) is 5.60. The predicted octanol–water partition coefficient (Wildman–Crippen LogP) is 2.23. The molecule has 2 bridgehead atoms. The summed E-state index contributed by atoms with van der Waals surface area (Å²) in [6.07, 6.45) is 10.2. The van der Waals surface area contributed by atoms with E-state index in [0.717, 1.165) is 37.5 Å².